The van der Waals surface area contributed by atoms with E-state index in [1.54, 1.807) is 7.11 Å². The largest absolute Gasteiger partial charge is 0.497 e. The molecule has 1 unspecified atom stereocenters. The van der Waals surface area contributed by atoms with E-state index in [0.717, 1.165) is 28.6 Å². The Bertz CT molecular complexity index is 943. The maximum absolute atomic E-state index is 11.6. The number of rotatable bonds is 8. The van der Waals surface area contributed by atoms with Crippen molar-refractivity contribution in [3.05, 3.63) is 59.7 Å². The maximum Gasteiger partial charge on any atom is 0.305 e. The van der Waals surface area contributed by atoms with Crippen LogP contribution >= 0.6 is 11.8 Å². The van der Waals surface area contributed by atoms with E-state index in [1.807, 2.05) is 48.5 Å². The highest BCUT2D eigenvalue weighted by molar-refractivity contribution is 8.15. The minimum Gasteiger partial charge on any atom is -0.497 e. The Labute approximate surface area is 171 Å². The zero-order chi connectivity index (χ0) is 20.6. The van der Waals surface area contributed by atoms with Crippen LogP contribution < -0.4 is 14.8 Å². The van der Waals surface area contributed by atoms with Gasteiger partial charge in [-0.05, 0) is 47.5 Å². The second kappa shape index (κ2) is 9.74. The summed E-state index contributed by atoms with van der Waals surface area (Å²) in [7, 11) is 1.62. The third-order valence-electron chi connectivity index (χ3n) is 3.91. The highest BCUT2D eigenvalue weighted by Crippen LogP contribution is 2.22. The average molecular weight is 413 g/mol. The van der Waals surface area contributed by atoms with Crippen LogP contribution in [0.15, 0.2) is 58.7 Å². The van der Waals surface area contributed by atoms with E-state index in [-0.39, 0.29) is 17.5 Å². The van der Waals surface area contributed by atoms with Crippen molar-refractivity contribution in [3.8, 4) is 11.5 Å². The van der Waals surface area contributed by atoms with Crippen LogP contribution in [0.1, 0.15) is 17.5 Å². The number of hydrogen-bond donors (Lipinski definition) is 2. The summed E-state index contributed by atoms with van der Waals surface area (Å²) in [5.41, 5.74) is 1.81. The fraction of sp³-hybridized carbons (Fsp3) is 0.200. The topological polar surface area (TPSA) is 110 Å². The van der Waals surface area contributed by atoms with E-state index in [9.17, 15) is 9.59 Å². The summed E-state index contributed by atoms with van der Waals surface area (Å²) in [6.07, 6.45) is 1.28. The molecule has 0 radical (unpaired) electrons. The monoisotopic (exact) mass is 413 g/mol. The van der Waals surface area contributed by atoms with Crippen molar-refractivity contribution in [2.24, 2.45) is 10.2 Å². The predicted octanol–water partition coefficient (Wildman–Crippen LogP) is 2.67. The second-order valence-corrected chi connectivity index (χ2v) is 7.24. The molecule has 3 rings (SSSR count). The van der Waals surface area contributed by atoms with E-state index >= 15 is 0 Å². The molecule has 2 aromatic rings. The van der Waals surface area contributed by atoms with Crippen LogP contribution in [0, 0.1) is 0 Å². The van der Waals surface area contributed by atoms with Gasteiger partial charge in [0.15, 0.2) is 5.17 Å². The average Bonchev–Trinajstić information content (AvgIpc) is 3.06. The van der Waals surface area contributed by atoms with Gasteiger partial charge < -0.3 is 19.9 Å². The Balaban J connectivity index is 1.52. The fourth-order valence-electron chi connectivity index (χ4n) is 2.47. The third-order valence-corrected chi connectivity index (χ3v) is 4.98. The van der Waals surface area contributed by atoms with Crippen LogP contribution in [0.3, 0.4) is 0 Å². The molecule has 8 nitrogen and oxygen atoms in total. The Morgan fingerprint density at radius 3 is 2.76 bits per heavy atom. The van der Waals surface area contributed by atoms with Gasteiger partial charge in [0, 0.05) is 0 Å². The van der Waals surface area contributed by atoms with Crippen LogP contribution in [0.5, 0.6) is 11.5 Å². The lowest BCUT2D eigenvalue weighted by atomic mass is 10.2. The first-order valence-electron chi connectivity index (χ1n) is 8.69. The molecule has 9 heteroatoms. The fourth-order valence-corrected chi connectivity index (χ4v) is 3.39. The molecule has 150 valence electrons. The van der Waals surface area contributed by atoms with Gasteiger partial charge in [-0.2, -0.15) is 5.10 Å². The number of carboxylic acid groups (broad SMARTS) is 1. The van der Waals surface area contributed by atoms with Crippen LogP contribution in [0.25, 0.3) is 0 Å². The lowest BCUT2D eigenvalue weighted by molar-refractivity contribution is -0.138. The van der Waals surface area contributed by atoms with Gasteiger partial charge >= 0.3 is 5.97 Å². The summed E-state index contributed by atoms with van der Waals surface area (Å²) in [4.78, 5) is 22.4. The number of nitrogens with one attached hydrogen (secondary N) is 1. The second-order valence-electron chi connectivity index (χ2n) is 6.05. The summed E-state index contributed by atoms with van der Waals surface area (Å²) in [6.45, 7) is 0.423. The number of carbonyl (C=O) groups excluding carboxylic acids is 1. The number of ether oxygens (including phenoxy) is 2. The molecule has 0 spiro atoms. The Hall–Kier alpha value is -3.33. The minimum absolute atomic E-state index is 0.254. The summed E-state index contributed by atoms with van der Waals surface area (Å²) in [6, 6.07) is 15.0. The van der Waals surface area contributed by atoms with Crippen molar-refractivity contribution in [2.45, 2.75) is 18.3 Å². The number of carbonyl (C=O) groups is 2. The van der Waals surface area contributed by atoms with Crippen molar-refractivity contribution in [1.82, 2.24) is 5.32 Å². The number of nitrogens with zero attached hydrogens (tertiary/aromatic N) is 2. The number of aliphatic carboxylic acids is 1. The van der Waals surface area contributed by atoms with Crippen molar-refractivity contribution in [2.75, 3.05) is 7.11 Å². The molecule has 0 aromatic heterocycles. The first-order valence-corrected chi connectivity index (χ1v) is 9.57. The molecule has 2 aromatic carbocycles. The van der Waals surface area contributed by atoms with E-state index in [1.165, 1.54) is 6.21 Å². The molecule has 0 aliphatic carbocycles. The van der Waals surface area contributed by atoms with Crippen molar-refractivity contribution < 1.29 is 24.2 Å². The number of benzene rings is 2. The highest BCUT2D eigenvalue weighted by atomic mass is 32.2. The number of methoxy groups -OCH3 is 1. The molecular weight excluding hydrogens is 394 g/mol. The van der Waals surface area contributed by atoms with Gasteiger partial charge in [0.25, 0.3) is 0 Å². The summed E-state index contributed by atoms with van der Waals surface area (Å²) < 4.78 is 11.0. The van der Waals surface area contributed by atoms with Gasteiger partial charge in [-0.25, -0.2) is 0 Å². The van der Waals surface area contributed by atoms with Crippen LogP contribution in [-0.2, 0) is 16.2 Å². The number of thioether (sulfide) groups is 1. The molecule has 0 saturated carbocycles. The standard InChI is InChI=1S/C20H19N3O5S/c1-27-16-4-2-3-14(9-16)12-28-15-7-5-13(6-8-15)11-21-23-20-22-19(26)17(29-20)10-18(24)25/h2-9,11,17H,10,12H2,1H3,(H,24,25)(H,22,23,26). The van der Waals surface area contributed by atoms with Crippen LogP contribution in [0.4, 0.5) is 0 Å². The molecule has 1 heterocycles. The quantitative estimate of drug-likeness (QED) is 0.509. The normalized spacial score (nSPS) is 17.5. The van der Waals surface area contributed by atoms with E-state index in [2.05, 4.69) is 15.5 Å². The van der Waals surface area contributed by atoms with Gasteiger partial charge in [0.1, 0.15) is 23.4 Å². The van der Waals surface area contributed by atoms with Crippen molar-refractivity contribution in [3.63, 3.8) is 0 Å². The highest BCUT2D eigenvalue weighted by Gasteiger charge is 2.32. The molecule has 1 atom stereocenters. The number of amidine groups is 1. The maximum atomic E-state index is 11.6. The third kappa shape index (κ3) is 6.08. The molecular formula is C20H19N3O5S. The van der Waals surface area contributed by atoms with Gasteiger partial charge in [0.2, 0.25) is 5.91 Å². The predicted molar refractivity (Wildman–Crippen MR) is 111 cm³/mol. The molecule has 1 saturated heterocycles. The van der Waals surface area contributed by atoms with E-state index < -0.39 is 11.2 Å². The zero-order valence-electron chi connectivity index (χ0n) is 15.6. The smallest absolute Gasteiger partial charge is 0.305 e. The Morgan fingerprint density at radius 1 is 1.24 bits per heavy atom. The van der Waals surface area contributed by atoms with Gasteiger partial charge in [-0.1, -0.05) is 23.9 Å². The van der Waals surface area contributed by atoms with Crippen LogP contribution in [0.2, 0.25) is 0 Å². The van der Waals surface area contributed by atoms with Gasteiger partial charge in [-0.3, -0.25) is 9.59 Å². The summed E-state index contributed by atoms with van der Waals surface area (Å²) >= 11 is 1.06. The molecule has 1 aliphatic heterocycles. The van der Waals surface area contributed by atoms with Gasteiger partial charge in [0.05, 0.1) is 19.7 Å². The molecule has 2 N–H and O–H groups in total. The minimum atomic E-state index is -1.03. The first-order chi connectivity index (χ1) is 14.0. The Kier molecular flexibility index (Phi) is 6.85. The van der Waals surface area contributed by atoms with E-state index in [4.69, 9.17) is 14.6 Å². The zero-order valence-corrected chi connectivity index (χ0v) is 16.4. The van der Waals surface area contributed by atoms with E-state index in [0.29, 0.717) is 12.4 Å². The molecule has 29 heavy (non-hydrogen) atoms. The lowest BCUT2D eigenvalue weighted by Gasteiger charge is -2.07. The lowest BCUT2D eigenvalue weighted by Crippen LogP contribution is -2.26. The van der Waals surface area contributed by atoms with Gasteiger partial charge in [-0.15, -0.1) is 5.10 Å². The summed E-state index contributed by atoms with van der Waals surface area (Å²) in [5.74, 6) is 0.0941. The SMILES string of the molecule is COc1cccc(COc2ccc(C=NN=C3NC(=O)C(CC(=O)O)S3)cc2)c1. The molecule has 0 bridgehead atoms. The molecule has 1 amide bonds. The first kappa shape index (κ1) is 20.4. The number of carboxylic acids is 1. The van der Waals surface area contributed by atoms with Crippen molar-refractivity contribution in [1.29, 1.82) is 0 Å². The molecule has 1 fully saturated rings. The number of hydrogen-bond acceptors (Lipinski definition) is 7. The Morgan fingerprint density at radius 2 is 2.03 bits per heavy atom. The summed E-state index contributed by atoms with van der Waals surface area (Å²) in [5, 5.41) is 18.8. The van der Waals surface area contributed by atoms with Crippen LogP contribution in [-0.4, -0.2) is 40.7 Å². The van der Waals surface area contributed by atoms with Crippen molar-refractivity contribution >= 4 is 35.0 Å². The molecule has 1 aliphatic rings. The number of amides is 1.